The van der Waals surface area contributed by atoms with Crippen LogP contribution in [0.1, 0.15) is 46.0 Å². The van der Waals surface area contributed by atoms with Gasteiger partial charge in [0, 0.05) is 32.0 Å². The molecule has 1 atom stereocenters. The Morgan fingerprint density at radius 3 is 2.75 bits per heavy atom. The first-order chi connectivity index (χ1) is 9.63. The van der Waals surface area contributed by atoms with Crippen molar-refractivity contribution in [2.24, 2.45) is 7.05 Å². The quantitative estimate of drug-likeness (QED) is 0.784. The molecule has 1 aromatic rings. The number of amides is 1. The summed E-state index contributed by atoms with van der Waals surface area (Å²) in [5.74, 6) is 0.257. The molecule has 0 spiro atoms. The summed E-state index contributed by atoms with van der Waals surface area (Å²) in [5, 5.41) is 0.837. The van der Waals surface area contributed by atoms with Gasteiger partial charge in [-0.1, -0.05) is 31.0 Å². The Hall–Kier alpha value is -0.970. The minimum absolute atomic E-state index is 0.0713. The van der Waals surface area contributed by atoms with Crippen molar-refractivity contribution in [2.45, 2.75) is 62.4 Å². The molecule has 1 fully saturated rings. The van der Waals surface area contributed by atoms with E-state index in [-0.39, 0.29) is 11.2 Å². The molecule has 0 bridgehead atoms. The van der Waals surface area contributed by atoms with Crippen LogP contribution in [-0.2, 0) is 11.8 Å². The zero-order valence-electron chi connectivity index (χ0n) is 12.7. The van der Waals surface area contributed by atoms with Crippen LogP contribution in [-0.4, -0.2) is 38.2 Å². The summed E-state index contributed by atoms with van der Waals surface area (Å²) in [6.45, 7) is 4.90. The predicted molar refractivity (Wildman–Crippen MR) is 82.8 cm³/mol. The van der Waals surface area contributed by atoms with Gasteiger partial charge in [0.05, 0.1) is 5.25 Å². The van der Waals surface area contributed by atoms with Crippen LogP contribution in [0.15, 0.2) is 17.6 Å². The SMILES string of the molecule is CCN(C(=O)C(C)Sc1nccn1C)C1CCCCC1. The number of carbonyl (C=O) groups is 1. The summed E-state index contributed by atoms with van der Waals surface area (Å²) in [4.78, 5) is 19.1. The highest BCUT2D eigenvalue weighted by Crippen LogP contribution is 2.27. The van der Waals surface area contributed by atoms with Gasteiger partial charge in [0.2, 0.25) is 5.91 Å². The molecule has 1 saturated carbocycles. The first kappa shape index (κ1) is 15.4. The number of thioether (sulfide) groups is 1. The molecule has 1 aliphatic rings. The van der Waals surface area contributed by atoms with Crippen molar-refractivity contribution >= 4 is 17.7 Å². The smallest absolute Gasteiger partial charge is 0.236 e. The van der Waals surface area contributed by atoms with Crippen molar-refractivity contribution in [3.8, 4) is 0 Å². The maximum absolute atomic E-state index is 12.7. The monoisotopic (exact) mass is 295 g/mol. The molecular formula is C15H25N3OS. The van der Waals surface area contributed by atoms with E-state index in [0.29, 0.717) is 6.04 Å². The van der Waals surface area contributed by atoms with Gasteiger partial charge in [0.15, 0.2) is 5.16 Å². The fraction of sp³-hybridized carbons (Fsp3) is 0.733. The van der Waals surface area contributed by atoms with Gasteiger partial charge in [0.25, 0.3) is 0 Å². The van der Waals surface area contributed by atoms with Gasteiger partial charge in [-0.05, 0) is 26.7 Å². The van der Waals surface area contributed by atoms with E-state index in [9.17, 15) is 4.79 Å². The van der Waals surface area contributed by atoms with E-state index in [1.54, 1.807) is 18.0 Å². The fourth-order valence-corrected chi connectivity index (χ4v) is 3.80. The number of hydrogen-bond acceptors (Lipinski definition) is 3. The second-order valence-corrected chi connectivity index (χ2v) is 6.80. The van der Waals surface area contributed by atoms with Gasteiger partial charge in [-0.3, -0.25) is 4.79 Å². The number of hydrogen-bond donors (Lipinski definition) is 0. The van der Waals surface area contributed by atoms with E-state index in [0.717, 1.165) is 11.7 Å². The molecule has 112 valence electrons. The van der Waals surface area contributed by atoms with Crippen LogP contribution < -0.4 is 0 Å². The molecule has 1 heterocycles. The van der Waals surface area contributed by atoms with Crippen LogP contribution in [0.2, 0.25) is 0 Å². The Labute approximate surface area is 125 Å². The van der Waals surface area contributed by atoms with Crippen molar-refractivity contribution in [1.29, 1.82) is 0 Å². The summed E-state index contributed by atoms with van der Waals surface area (Å²) < 4.78 is 1.96. The summed E-state index contributed by atoms with van der Waals surface area (Å²) in [7, 11) is 1.96. The Morgan fingerprint density at radius 2 is 2.20 bits per heavy atom. The number of rotatable bonds is 5. The largest absolute Gasteiger partial charge is 0.339 e. The summed E-state index contributed by atoms with van der Waals surface area (Å²) >= 11 is 1.55. The highest BCUT2D eigenvalue weighted by Gasteiger charge is 2.28. The van der Waals surface area contributed by atoms with Crippen molar-refractivity contribution in [1.82, 2.24) is 14.5 Å². The van der Waals surface area contributed by atoms with Crippen LogP contribution in [0, 0.1) is 0 Å². The molecule has 4 nitrogen and oxygen atoms in total. The molecule has 0 radical (unpaired) electrons. The number of nitrogens with zero attached hydrogens (tertiary/aromatic N) is 3. The van der Waals surface area contributed by atoms with E-state index in [1.165, 1.54) is 32.1 Å². The lowest BCUT2D eigenvalue weighted by Gasteiger charge is -2.35. The van der Waals surface area contributed by atoms with Crippen LogP contribution >= 0.6 is 11.8 Å². The van der Waals surface area contributed by atoms with Gasteiger partial charge < -0.3 is 9.47 Å². The zero-order valence-corrected chi connectivity index (χ0v) is 13.5. The molecule has 20 heavy (non-hydrogen) atoms. The van der Waals surface area contributed by atoms with E-state index < -0.39 is 0 Å². The normalized spacial score (nSPS) is 17.9. The molecule has 5 heteroatoms. The van der Waals surface area contributed by atoms with E-state index in [4.69, 9.17) is 0 Å². The van der Waals surface area contributed by atoms with Gasteiger partial charge in [-0.25, -0.2) is 4.98 Å². The topological polar surface area (TPSA) is 38.1 Å². The summed E-state index contributed by atoms with van der Waals surface area (Å²) in [5.41, 5.74) is 0. The zero-order chi connectivity index (χ0) is 14.5. The van der Waals surface area contributed by atoms with Crippen molar-refractivity contribution in [2.75, 3.05) is 6.54 Å². The minimum Gasteiger partial charge on any atom is -0.339 e. The predicted octanol–water partition coefficient (Wildman–Crippen LogP) is 3.08. The summed E-state index contributed by atoms with van der Waals surface area (Å²) in [6, 6.07) is 0.450. The lowest BCUT2D eigenvalue weighted by molar-refractivity contribution is -0.133. The van der Waals surface area contributed by atoms with Crippen molar-refractivity contribution in [3.63, 3.8) is 0 Å². The van der Waals surface area contributed by atoms with E-state index in [1.807, 2.05) is 24.7 Å². The first-order valence-corrected chi connectivity index (χ1v) is 8.46. The Bertz CT molecular complexity index is 440. The maximum atomic E-state index is 12.7. The molecule has 0 N–H and O–H groups in total. The second-order valence-electron chi connectivity index (χ2n) is 5.50. The molecule has 1 amide bonds. The molecule has 0 aromatic carbocycles. The van der Waals surface area contributed by atoms with Crippen molar-refractivity contribution < 1.29 is 4.79 Å². The van der Waals surface area contributed by atoms with Crippen LogP contribution in [0.25, 0.3) is 0 Å². The molecule has 0 aliphatic heterocycles. The number of aromatic nitrogens is 2. The fourth-order valence-electron chi connectivity index (χ4n) is 2.89. The Kier molecular flexibility index (Phi) is 5.52. The minimum atomic E-state index is -0.0713. The van der Waals surface area contributed by atoms with Crippen LogP contribution in [0.4, 0.5) is 0 Å². The third kappa shape index (κ3) is 3.57. The standard InChI is InChI=1S/C15H25N3OS/c1-4-18(13-8-6-5-7-9-13)14(19)12(2)20-15-16-10-11-17(15)3/h10-13H,4-9H2,1-3H3. The molecule has 0 saturated heterocycles. The summed E-state index contributed by atoms with van der Waals surface area (Å²) in [6.07, 6.45) is 9.86. The maximum Gasteiger partial charge on any atom is 0.236 e. The highest BCUT2D eigenvalue weighted by atomic mass is 32.2. The number of aryl methyl sites for hydroxylation is 1. The average molecular weight is 295 g/mol. The molecule has 2 rings (SSSR count). The van der Waals surface area contributed by atoms with Crippen LogP contribution in [0.3, 0.4) is 0 Å². The molecule has 1 aliphatic carbocycles. The van der Waals surface area contributed by atoms with E-state index >= 15 is 0 Å². The lowest BCUT2D eigenvalue weighted by atomic mass is 9.94. The number of carbonyl (C=O) groups excluding carboxylic acids is 1. The second kappa shape index (κ2) is 7.16. The third-order valence-corrected chi connectivity index (χ3v) is 5.21. The lowest BCUT2D eigenvalue weighted by Crippen LogP contribution is -2.44. The molecule has 1 unspecified atom stereocenters. The average Bonchev–Trinajstić information content (AvgIpc) is 2.86. The van der Waals surface area contributed by atoms with Gasteiger partial charge >= 0.3 is 0 Å². The van der Waals surface area contributed by atoms with Gasteiger partial charge in [0.1, 0.15) is 0 Å². The van der Waals surface area contributed by atoms with Crippen molar-refractivity contribution in [3.05, 3.63) is 12.4 Å². The van der Waals surface area contributed by atoms with Gasteiger partial charge in [-0.2, -0.15) is 0 Å². The third-order valence-electron chi connectivity index (χ3n) is 4.05. The number of imidazole rings is 1. The Balaban J connectivity index is 1.98. The first-order valence-electron chi connectivity index (χ1n) is 7.58. The Morgan fingerprint density at radius 1 is 1.50 bits per heavy atom. The molecule has 1 aromatic heterocycles. The van der Waals surface area contributed by atoms with Gasteiger partial charge in [-0.15, -0.1) is 0 Å². The van der Waals surface area contributed by atoms with E-state index in [2.05, 4.69) is 16.8 Å². The van der Waals surface area contributed by atoms with Crippen LogP contribution in [0.5, 0.6) is 0 Å². The highest BCUT2D eigenvalue weighted by molar-refractivity contribution is 8.00. The molecular weight excluding hydrogens is 270 g/mol.